The van der Waals surface area contributed by atoms with E-state index in [1.54, 1.807) is 0 Å². The highest BCUT2D eigenvalue weighted by Gasteiger charge is 2.24. The largest absolute Gasteiger partial charge is 0.481 e. The molecule has 3 nitrogen and oxygen atoms in total. The normalized spacial score (nSPS) is 17.6. The van der Waals surface area contributed by atoms with Gasteiger partial charge >= 0.3 is 5.97 Å². The van der Waals surface area contributed by atoms with Crippen LogP contribution in [0.2, 0.25) is 5.02 Å². The number of carboxylic acids is 1. The van der Waals surface area contributed by atoms with Crippen molar-refractivity contribution in [2.45, 2.75) is 26.3 Å². The molecule has 1 aromatic carbocycles. The molecule has 1 fully saturated rings. The van der Waals surface area contributed by atoms with Crippen molar-refractivity contribution < 1.29 is 9.90 Å². The summed E-state index contributed by atoms with van der Waals surface area (Å²) in [5, 5.41) is 9.76. The average molecular weight is 347 g/mol. The summed E-state index contributed by atoms with van der Waals surface area (Å²) in [7, 11) is 0. The second-order valence-corrected chi connectivity index (χ2v) is 6.34. The number of hydrogen-bond acceptors (Lipinski definition) is 2. The van der Waals surface area contributed by atoms with E-state index >= 15 is 0 Å². The van der Waals surface area contributed by atoms with E-state index in [1.165, 1.54) is 0 Å². The number of carbonyl (C=O) groups is 1. The number of aryl methyl sites for hydroxylation is 1. The van der Waals surface area contributed by atoms with Gasteiger partial charge in [0.25, 0.3) is 0 Å². The number of nitrogens with zero attached hydrogens (tertiary/aromatic N) is 1. The first-order valence-electron chi connectivity index (χ1n) is 6.37. The molecule has 0 amide bonds. The summed E-state index contributed by atoms with van der Waals surface area (Å²) in [5.74, 6) is -0.847. The van der Waals surface area contributed by atoms with Gasteiger partial charge in [-0.3, -0.25) is 9.69 Å². The van der Waals surface area contributed by atoms with Crippen molar-refractivity contribution in [3.05, 3.63) is 32.8 Å². The molecule has 0 spiro atoms. The van der Waals surface area contributed by atoms with Crippen LogP contribution in [-0.2, 0) is 11.3 Å². The summed E-state index contributed by atoms with van der Waals surface area (Å²) in [6.07, 6.45) is 1.46. The van der Waals surface area contributed by atoms with Crippen molar-refractivity contribution in [1.82, 2.24) is 4.90 Å². The topological polar surface area (TPSA) is 40.5 Å². The number of aliphatic carboxylic acids is 1. The maximum absolute atomic E-state index is 10.9. The fourth-order valence-corrected chi connectivity index (χ4v) is 3.16. The molecule has 0 atom stereocenters. The molecule has 0 radical (unpaired) electrons. The molecule has 2 rings (SSSR count). The third-order valence-corrected chi connectivity index (χ3v) is 4.80. The molecule has 1 heterocycles. The maximum Gasteiger partial charge on any atom is 0.306 e. The molecule has 104 valence electrons. The van der Waals surface area contributed by atoms with Gasteiger partial charge in [0.2, 0.25) is 0 Å². The number of carboxylic acid groups (broad SMARTS) is 1. The van der Waals surface area contributed by atoms with Crippen molar-refractivity contribution in [2.75, 3.05) is 13.1 Å². The van der Waals surface area contributed by atoms with Gasteiger partial charge < -0.3 is 5.11 Å². The highest BCUT2D eigenvalue weighted by molar-refractivity contribution is 9.10. The molecular weight excluding hydrogens is 330 g/mol. The van der Waals surface area contributed by atoms with Crippen molar-refractivity contribution in [1.29, 1.82) is 0 Å². The Balaban J connectivity index is 1.99. The number of likely N-dealkylation sites (tertiary alicyclic amines) is 1. The second-order valence-electron chi connectivity index (χ2n) is 5.08. The Morgan fingerprint density at radius 1 is 1.47 bits per heavy atom. The van der Waals surface area contributed by atoms with Crippen LogP contribution < -0.4 is 0 Å². The molecule has 0 unspecified atom stereocenters. The standard InChI is InChI=1S/C14H17BrClNO2/c1-9-6-12(15)11(7-13(9)16)8-17-4-2-10(3-5-17)14(18)19/h6-7,10H,2-5,8H2,1H3,(H,18,19). The Morgan fingerprint density at radius 2 is 2.11 bits per heavy atom. The predicted octanol–water partition coefficient (Wildman–Crippen LogP) is 3.71. The van der Waals surface area contributed by atoms with Crippen molar-refractivity contribution in [3.8, 4) is 0 Å². The van der Waals surface area contributed by atoms with Crippen LogP contribution in [0.25, 0.3) is 0 Å². The molecule has 0 bridgehead atoms. The number of benzene rings is 1. The molecule has 0 aromatic heterocycles. The average Bonchev–Trinajstić information content (AvgIpc) is 2.36. The van der Waals surface area contributed by atoms with Crippen LogP contribution in [0.5, 0.6) is 0 Å². The number of halogens is 2. The van der Waals surface area contributed by atoms with E-state index in [0.29, 0.717) is 0 Å². The predicted molar refractivity (Wildman–Crippen MR) is 79.5 cm³/mol. The SMILES string of the molecule is Cc1cc(Br)c(CN2CCC(C(=O)O)CC2)cc1Cl. The minimum Gasteiger partial charge on any atom is -0.481 e. The Hall–Kier alpha value is -0.580. The summed E-state index contributed by atoms with van der Waals surface area (Å²) in [6, 6.07) is 4.02. The third kappa shape index (κ3) is 3.71. The van der Waals surface area contributed by atoms with E-state index in [-0.39, 0.29) is 5.92 Å². The van der Waals surface area contributed by atoms with Crippen molar-refractivity contribution >= 4 is 33.5 Å². The van der Waals surface area contributed by atoms with Crippen LogP contribution in [0.15, 0.2) is 16.6 Å². The monoisotopic (exact) mass is 345 g/mol. The van der Waals surface area contributed by atoms with E-state index in [9.17, 15) is 4.79 Å². The van der Waals surface area contributed by atoms with E-state index in [2.05, 4.69) is 20.8 Å². The minimum absolute atomic E-state index is 0.179. The molecule has 1 aromatic rings. The smallest absolute Gasteiger partial charge is 0.306 e. The molecule has 1 saturated heterocycles. The van der Waals surface area contributed by atoms with E-state index in [0.717, 1.165) is 53.1 Å². The summed E-state index contributed by atoms with van der Waals surface area (Å²) in [4.78, 5) is 13.2. The van der Waals surface area contributed by atoms with E-state index in [1.807, 2.05) is 19.1 Å². The van der Waals surface area contributed by atoms with Gasteiger partial charge in [0.1, 0.15) is 0 Å². The van der Waals surface area contributed by atoms with E-state index < -0.39 is 5.97 Å². The lowest BCUT2D eigenvalue weighted by Gasteiger charge is -2.30. The lowest BCUT2D eigenvalue weighted by Crippen LogP contribution is -2.35. The fraction of sp³-hybridized carbons (Fsp3) is 0.500. The van der Waals surface area contributed by atoms with Gasteiger partial charge in [-0.1, -0.05) is 27.5 Å². The van der Waals surface area contributed by atoms with Gasteiger partial charge in [0, 0.05) is 16.0 Å². The van der Waals surface area contributed by atoms with Crippen LogP contribution >= 0.6 is 27.5 Å². The minimum atomic E-state index is -0.667. The quantitative estimate of drug-likeness (QED) is 0.907. The molecule has 1 N–H and O–H groups in total. The Morgan fingerprint density at radius 3 is 2.68 bits per heavy atom. The lowest BCUT2D eigenvalue weighted by molar-refractivity contribution is -0.143. The highest BCUT2D eigenvalue weighted by Crippen LogP contribution is 2.27. The lowest BCUT2D eigenvalue weighted by atomic mass is 9.97. The number of piperidine rings is 1. The summed E-state index contributed by atoms with van der Waals surface area (Å²) in [6.45, 7) is 4.45. The van der Waals surface area contributed by atoms with Crippen LogP contribution in [0, 0.1) is 12.8 Å². The van der Waals surface area contributed by atoms with Crippen LogP contribution in [0.4, 0.5) is 0 Å². The van der Waals surface area contributed by atoms with Crippen molar-refractivity contribution in [3.63, 3.8) is 0 Å². The molecule has 1 aliphatic heterocycles. The first-order valence-corrected chi connectivity index (χ1v) is 7.54. The highest BCUT2D eigenvalue weighted by atomic mass is 79.9. The number of rotatable bonds is 3. The Kier molecular flexibility index (Phi) is 4.87. The van der Waals surface area contributed by atoms with Gasteiger partial charge in [0.05, 0.1) is 5.92 Å². The Labute approximate surface area is 126 Å². The van der Waals surface area contributed by atoms with Crippen LogP contribution in [0.1, 0.15) is 24.0 Å². The third-order valence-electron chi connectivity index (χ3n) is 3.66. The summed E-state index contributed by atoms with van der Waals surface area (Å²) in [5.41, 5.74) is 2.21. The second kappa shape index (κ2) is 6.25. The molecule has 1 aliphatic rings. The maximum atomic E-state index is 10.9. The first kappa shape index (κ1) is 14.8. The zero-order valence-electron chi connectivity index (χ0n) is 10.8. The Bertz CT molecular complexity index is 485. The number of hydrogen-bond donors (Lipinski definition) is 1. The zero-order valence-corrected chi connectivity index (χ0v) is 13.2. The van der Waals surface area contributed by atoms with Gasteiger partial charge in [-0.05, 0) is 56.1 Å². The molecule has 19 heavy (non-hydrogen) atoms. The van der Waals surface area contributed by atoms with Crippen molar-refractivity contribution in [2.24, 2.45) is 5.92 Å². The molecule has 5 heteroatoms. The molecular formula is C14H17BrClNO2. The van der Waals surface area contributed by atoms with Gasteiger partial charge in [-0.25, -0.2) is 0 Å². The molecule has 0 aliphatic carbocycles. The van der Waals surface area contributed by atoms with Gasteiger partial charge in [-0.2, -0.15) is 0 Å². The van der Waals surface area contributed by atoms with E-state index in [4.69, 9.17) is 16.7 Å². The van der Waals surface area contributed by atoms with Gasteiger partial charge in [0.15, 0.2) is 0 Å². The van der Waals surface area contributed by atoms with Crippen LogP contribution in [-0.4, -0.2) is 29.1 Å². The first-order chi connectivity index (χ1) is 8.97. The summed E-state index contributed by atoms with van der Waals surface area (Å²) < 4.78 is 1.06. The fourth-order valence-electron chi connectivity index (χ4n) is 2.39. The van der Waals surface area contributed by atoms with Crippen LogP contribution in [0.3, 0.4) is 0 Å². The zero-order chi connectivity index (χ0) is 14.0. The summed E-state index contributed by atoms with van der Waals surface area (Å²) >= 11 is 9.71. The van der Waals surface area contributed by atoms with Gasteiger partial charge in [-0.15, -0.1) is 0 Å². The molecule has 0 saturated carbocycles.